The lowest BCUT2D eigenvalue weighted by molar-refractivity contribution is 0.185. The Kier molecular flexibility index (Phi) is 5.40. The van der Waals surface area contributed by atoms with Crippen LogP contribution in [0.5, 0.6) is 0 Å². The van der Waals surface area contributed by atoms with E-state index in [1.54, 1.807) is 0 Å². The highest BCUT2D eigenvalue weighted by Crippen LogP contribution is 2.43. The molecule has 0 aromatic carbocycles. The van der Waals surface area contributed by atoms with Crippen molar-refractivity contribution in [3.8, 4) is 0 Å². The molecule has 0 amide bonds. The lowest BCUT2D eigenvalue weighted by Crippen LogP contribution is -2.49. The van der Waals surface area contributed by atoms with Crippen LogP contribution in [-0.2, 0) is 0 Å². The Morgan fingerprint density at radius 3 is 2.72 bits per heavy atom. The molecule has 1 aliphatic carbocycles. The molecule has 2 rings (SSSR count). The quantitative estimate of drug-likeness (QED) is 0.827. The van der Waals surface area contributed by atoms with Crippen molar-refractivity contribution in [1.82, 2.24) is 10.2 Å². The SMILES string of the molecule is CCC(C)C1CN(CC2(SC)CCC2)CCCN1. The third-order valence-electron chi connectivity index (χ3n) is 5.05. The van der Waals surface area contributed by atoms with Crippen molar-refractivity contribution in [2.75, 3.05) is 32.4 Å². The van der Waals surface area contributed by atoms with Gasteiger partial charge in [0.05, 0.1) is 0 Å². The number of rotatable bonds is 5. The van der Waals surface area contributed by atoms with E-state index in [2.05, 4.69) is 42.1 Å². The Hall–Kier alpha value is 0.270. The zero-order valence-corrected chi connectivity index (χ0v) is 13.2. The smallest absolute Gasteiger partial charge is 0.0284 e. The van der Waals surface area contributed by atoms with Crippen molar-refractivity contribution in [1.29, 1.82) is 0 Å². The lowest BCUT2D eigenvalue weighted by atomic mass is 9.83. The highest BCUT2D eigenvalue weighted by atomic mass is 32.2. The molecule has 2 nitrogen and oxygen atoms in total. The first-order valence-electron chi connectivity index (χ1n) is 7.70. The van der Waals surface area contributed by atoms with Crippen LogP contribution >= 0.6 is 11.8 Å². The second-order valence-electron chi connectivity index (χ2n) is 6.28. The number of nitrogens with one attached hydrogen (secondary N) is 1. The van der Waals surface area contributed by atoms with Crippen LogP contribution < -0.4 is 5.32 Å². The Bertz CT molecular complexity index is 247. The van der Waals surface area contributed by atoms with Crippen molar-refractivity contribution in [3.05, 3.63) is 0 Å². The van der Waals surface area contributed by atoms with Gasteiger partial charge in [-0.3, -0.25) is 0 Å². The first kappa shape index (κ1) is 14.7. The zero-order chi connectivity index (χ0) is 13.0. The van der Waals surface area contributed by atoms with Crippen LogP contribution in [0.2, 0.25) is 0 Å². The largest absolute Gasteiger partial charge is 0.312 e. The third kappa shape index (κ3) is 3.43. The lowest BCUT2D eigenvalue weighted by Gasteiger charge is -2.44. The molecule has 2 fully saturated rings. The van der Waals surface area contributed by atoms with Crippen LogP contribution in [0, 0.1) is 5.92 Å². The molecule has 2 atom stereocenters. The second kappa shape index (κ2) is 6.62. The van der Waals surface area contributed by atoms with Gasteiger partial charge in [0, 0.05) is 23.9 Å². The minimum atomic E-state index is 0.602. The molecule has 18 heavy (non-hydrogen) atoms. The summed E-state index contributed by atoms with van der Waals surface area (Å²) in [6.07, 6.45) is 9.23. The molecule has 1 heterocycles. The number of hydrogen-bond donors (Lipinski definition) is 1. The summed E-state index contributed by atoms with van der Waals surface area (Å²) in [5, 5.41) is 3.75. The van der Waals surface area contributed by atoms with E-state index in [9.17, 15) is 0 Å². The van der Waals surface area contributed by atoms with E-state index in [1.165, 1.54) is 58.3 Å². The number of thioether (sulfide) groups is 1. The van der Waals surface area contributed by atoms with Crippen molar-refractivity contribution in [3.63, 3.8) is 0 Å². The molecule has 0 radical (unpaired) electrons. The average molecular weight is 270 g/mol. The molecule has 1 aliphatic heterocycles. The highest BCUT2D eigenvalue weighted by Gasteiger charge is 2.38. The molecule has 0 aromatic rings. The van der Waals surface area contributed by atoms with Gasteiger partial charge in [0.2, 0.25) is 0 Å². The molecule has 0 bridgehead atoms. The van der Waals surface area contributed by atoms with Crippen molar-refractivity contribution in [2.24, 2.45) is 5.92 Å². The Balaban J connectivity index is 1.90. The molecular formula is C15H30N2S. The van der Waals surface area contributed by atoms with Crippen molar-refractivity contribution < 1.29 is 0 Å². The Morgan fingerprint density at radius 1 is 1.39 bits per heavy atom. The zero-order valence-electron chi connectivity index (χ0n) is 12.4. The summed E-state index contributed by atoms with van der Waals surface area (Å²) in [6.45, 7) is 9.80. The molecule has 2 aliphatic rings. The van der Waals surface area contributed by atoms with E-state index in [0.29, 0.717) is 10.8 Å². The molecule has 1 saturated carbocycles. The van der Waals surface area contributed by atoms with Gasteiger partial charge in [0.1, 0.15) is 0 Å². The standard InChI is InChI=1S/C15H30N2S/c1-4-13(2)14-11-17(10-6-9-16-14)12-15(18-3)7-5-8-15/h13-14,16H,4-12H2,1-3H3. The van der Waals surface area contributed by atoms with Gasteiger partial charge in [-0.05, 0) is 44.5 Å². The maximum absolute atomic E-state index is 3.75. The fourth-order valence-electron chi connectivity index (χ4n) is 3.24. The van der Waals surface area contributed by atoms with Gasteiger partial charge in [0.15, 0.2) is 0 Å². The van der Waals surface area contributed by atoms with E-state index in [1.807, 2.05) is 0 Å². The average Bonchev–Trinajstić information content (AvgIpc) is 2.58. The normalized spacial score (nSPS) is 30.5. The van der Waals surface area contributed by atoms with Crippen LogP contribution in [0.15, 0.2) is 0 Å². The maximum Gasteiger partial charge on any atom is 0.0284 e. The van der Waals surface area contributed by atoms with Crippen LogP contribution in [0.25, 0.3) is 0 Å². The minimum Gasteiger partial charge on any atom is -0.312 e. The van der Waals surface area contributed by atoms with E-state index in [-0.39, 0.29) is 0 Å². The molecular weight excluding hydrogens is 240 g/mol. The van der Waals surface area contributed by atoms with Crippen LogP contribution in [0.4, 0.5) is 0 Å². The molecule has 2 unspecified atom stereocenters. The van der Waals surface area contributed by atoms with Gasteiger partial charge in [-0.15, -0.1) is 0 Å². The van der Waals surface area contributed by atoms with Crippen molar-refractivity contribution >= 4 is 11.8 Å². The van der Waals surface area contributed by atoms with Gasteiger partial charge in [-0.25, -0.2) is 0 Å². The van der Waals surface area contributed by atoms with Gasteiger partial charge >= 0.3 is 0 Å². The van der Waals surface area contributed by atoms with Gasteiger partial charge in [-0.2, -0.15) is 11.8 Å². The summed E-state index contributed by atoms with van der Waals surface area (Å²) < 4.78 is 0.602. The van der Waals surface area contributed by atoms with Gasteiger partial charge in [0.25, 0.3) is 0 Å². The predicted molar refractivity (Wildman–Crippen MR) is 82.4 cm³/mol. The molecule has 1 saturated heterocycles. The van der Waals surface area contributed by atoms with E-state index >= 15 is 0 Å². The van der Waals surface area contributed by atoms with E-state index in [4.69, 9.17) is 0 Å². The summed E-state index contributed by atoms with van der Waals surface area (Å²) >= 11 is 2.11. The second-order valence-corrected chi connectivity index (χ2v) is 7.55. The van der Waals surface area contributed by atoms with Crippen LogP contribution in [0.3, 0.4) is 0 Å². The molecule has 3 heteroatoms. The minimum absolute atomic E-state index is 0.602. The monoisotopic (exact) mass is 270 g/mol. The number of nitrogens with zero attached hydrogens (tertiary/aromatic N) is 1. The summed E-state index contributed by atoms with van der Waals surface area (Å²) in [5.41, 5.74) is 0. The fourth-order valence-corrected chi connectivity index (χ4v) is 4.25. The molecule has 106 valence electrons. The first-order chi connectivity index (χ1) is 8.69. The predicted octanol–water partition coefficient (Wildman–Crippen LogP) is 2.98. The summed E-state index contributed by atoms with van der Waals surface area (Å²) in [5.74, 6) is 0.803. The van der Waals surface area contributed by atoms with Gasteiger partial charge in [-0.1, -0.05) is 26.7 Å². The fraction of sp³-hybridized carbons (Fsp3) is 1.00. The summed E-state index contributed by atoms with van der Waals surface area (Å²) in [6, 6.07) is 0.705. The summed E-state index contributed by atoms with van der Waals surface area (Å²) in [7, 11) is 0. The molecule has 1 N–H and O–H groups in total. The van der Waals surface area contributed by atoms with Gasteiger partial charge < -0.3 is 10.2 Å². The summed E-state index contributed by atoms with van der Waals surface area (Å²) in [4.78, 5) is 2.74. The number of hydrogen-bond acceptors (Lipinski definition) is 3. The first-order valence-corrected chi connectivity index (χ1v) is 8.92. The molecule has 0 spiro atoms. The molecule has 0 aromatic heterocycles. The van der Waals surface area contributed by atoms with Crippen molar-refractivity contribution in [2.45, 2.75) is 56.7 Å². The van der Waals surface area contributed by atoms with Crippen LogP contribution in [-0.4, -0.2) is 48.1 Å². The van der Waals surface area contributed by atoms with Crippen LogP contribution in [0.1, 0.15) is 46.0 Å². The Morgan fingerprint density at radius 2 is 2.17 bits per heavy atom. The highest BCUT2D eigenvalue weighted by molar-refractivity contribution is 8.00. The Labute approximate surface area is 117 Å². The van der Waals surface area contributed by atoms with E-state index < -0.39 is 0 Å². The maximum atomic E-state index is 3.75. The third-order valence-corrected chi connectivity index (χ3v) is 6.46. The van der Waals surface area contributed by atoms with E-state index in [0.717, 1.165) is 5.92 Å². The topological polar surface area (TPSA) is 15.3 Å².